The molecule has 164 valence electrons. The Kier molecular flexibility index (Phi) is 5.66. The van der Waals surface area contributed by atoms with E-state index in [2.05, 4.69) is 4.98 Å². The van der Waals surface area contributed by atoms with Crippen molar-refractivity contribution in [2.75, 3.05) is 32.8 Å². The number of aromatic nitrogens is 1. The van der Waals surface area contributed by atoms with Crippen LogP contribution in [-0.4, -0.2) is 57.0 Å². The number of carbonyl (C=O) groups excluding carboxylic acids is 1. The summed E-state index contributed by atoms with van der Waals surface area (Å²) in [7, 11) is -0.262. The first-order chi connectivity index (χ1) is 14.8. The fourth-order valence-electron chi connectivity index (χ4n) is 4.36. The molecule has 8 heteroatoms. The van der Waals surface area contributed by atoms with Crippen LogP contribution in [0.15, 0.2) is 42.6 Å². The number of para-hydroxylation sites is 1. The monoisotopic (exact) mass is 442 g/mol. The molecule has 2 heterocycles. The smallest absolute Gasteiger partial charge is 0.238 e. The summed E-state index contributed by atoms with van der Waals surface area (Å²) in [6, 6.07) is 11.6. The maximum absolute atomic E-state index is 13.0. The second-order valence-corrected chi connectivity index (χ2v) is 10.0. The van der Waals surface area contributed by atoms with Gasteiger partial charge in [0.05, 0.1) is 20.3 Å². The Hall–Kier alpha value is -3.00. The number of nitrogens with zero attached hydrogens (tertiary/aromatic N) is 1. The lowest BCUT2D eigenvalue weighted by atomic mass is 9.88. The predicted octanol–water partition coefficient (Wildman–Crippen LogP) is 2.90. The van der Waals surface area contributed by atoms with E-state index in [9.17, 15) is 13.2 Å². The number of aromatic amines is 1. The van der Waals surface area contributed by atoms with E-state index in [1.807, 2.05) is 42.6 Å². The molecule has 0 bridgehead atoms. The van der Waals surface area contributed by atoms with E-state index >= 15 is 0 Å². The zero-order valence-electron chi connectivity index (χ0n) is 17.8. The Balaban J connectivity index is 1.79. The van der Waals surface area contributed by atoms with Gasteiger partial charge in [-0.3, -0.25) is 4.79 Å². The van der Waals surface area contributed by atoms with Gasteiger partial charge in [0.2, 0.25) is 5.91 Å². The average Bonchev–Trinajstić information content (AvgIpc) is 3.14. The highest BCUT2D eigenvalue weighted by Crippen LogP contribution is 2.40. The van der Waals surface area contributed by atoms with E-state index < -0.39 is 15.6 Å². The Morgan fingerprint density at radius 3 is 2.58 bits per heavy atom. The van der Waals surface area contributed by atoms with Gasteiger partial charge in [-0.05, 0) is 47.7 Å². The molecule has 7 nitrogen and oxygen atoms in total. The first-order valence-electron chi connectivity index (χ1n) is 10.1. The third kappa shape index (κ3) is 4.25. The molecule has 1 atom stereocenters. The van der Waals surface area contributed by atoms with Crippen LogP contribution in [0.25, 0.3) is 10.9 Å². The first-order valence-corrected chi connectivity index (χ1v) is 12.1. The highest BCUT2D eigenvalue weighted by Gasteiger charge is 2.33. The van der Waals surface area contributed by atoms with E-state index in [1.54, 1.807) is 19.1 Å². The number of fused-ring (bicyclic) bond motifs is 2. The van der Waals surface area contributed by atoms with E-state index in [1.165, 1.54) is 0 Å². The summed E-state index contributed by atoms with van der Waals surface area (Å²) in [5.41, 5.74) is 4.12. The molecular formula is C23H26N2O5S. The van der Waals surface area contributed by atoms with Crippen LogP contribution >= 0.6 is 0 Å². The van der Waals surface area contributed by atoms with Gasteiger partial charge in [-0.2, -0.15) is 0 Å². The zero-order chi connectivity index (χ0) is 22.2. The minimum atomic E-state index is -3.44. The molecule has 1 aliphatic rings. The molecule has 1 aliphatic heterocycles. The molecule has 3 aromatic rings. The lowest BCUT2D eigenvalue weighted by Crippen LogP contribution is -2.43. The number of H-pyrrole nitrogens is 1. The normalized spacial score (nSPS) is 16.2. The zero-order valence-corrected chi connectivity index (χ0v) is 18.7. The summed E-state index contributed by atoms with van der Waals surface area (Å²) < 4.78 is 34.6. The molecule has 0 fully saturated rings. The molecule has 1 unspecified atom stereocenters. The first kappa shape index (κ1) is 21.2. The number of carbonyl (C=O) groups is 1. The van der Waals surface area contributed by atoms with Crippen LogP contribution in [-0.2, 0) is 27.5 Å². The molecule has 1 amide bonds. The van der Waals surface area contributed by atoms with Crippen molar-refractivity contribution < 1.29 is 22.7 Å². The van der Waals surface area contributed by atoms with E-state index in [0.29, 0.717) is 30.9 Å². The van der Waals surface area contributed by atoms with Gasteiger partial charge in [-0.15, -0.1) is 0 Å². The molecule has 1 N–H and O–H groups in total. The van der Waals surface area contributed by atoms with Crippen LogP contribution in [0.1, 0.15) is 22.7 Å². The molecule has 1 aromatic heterocycles. The predicted molar refractivity (Wildman–Crippen MR) is 119 cm³/mol. The van der Waals surface area contributed by atoms with Crippen molar-refractivity contribution in [2.24, 2.45) is 0 Å². The number of benzene rings is 2. The Morgan fingerprint density at radius 1 is 1.16 bits per heavy atom. The van der Waals surface area contributed by atoms with Crippen LogP contribution in [0.3, 0.4) is 0 Å². The van der Waals surface area contributed by atoms with Crippen LogP contribution in [0.5, 0.6) is 11.5 Å². The summed E-state index contributed by atoms with van der Waals surface area (Å²) in [6.45, 7) is 0.448. The number of amides is 1. The van der Waals surface area contributed by atoms with Crippen LogP contribution in [0.4, 0.5) is 0 Å². The number of ether oxygens (including phenoxy) is 2. The molecule has 0 saturated heterocycles. The molecule has 4 rings (SSSR count). The molecule has 0 aliphatic carbocycles. The van der Waals surface area contributed by atoms with Gasteiger partial charge >= 0.3 is 0 Å². The van der Waals surface area contributed by atoms with Gasteiger partial charge in [0.15, 0.2) is 21.3 Å². The van der Waals surface area contributed by atoms with Gasteiger partial charge in [0, 0.05) is 29.9 Å². The van der Waals surface area contributed by atoms with Gasteiger partial charge < -0.3 is 19.4 Å². The van der Waals surface area contributed by atoms with Gasteiger partial charge in [0.1, 0.15) is 5.75 Å². The minimum Gasteiger partial charge on any atom is -0.493 e. The average molecular weight is 443 g/mol. The van der Waals surface area contributed by atoms with E-state index in [4.69, 9.17) is 9.47 Å². The van der Waals surface area contributed by atoms with Gasteiger partial charge in [0.25, 0.3) is 0 Å². The summed E-state index contributed by atoms with van der Waals surface area (Å²) in [5, 5.41) is 1.09. The number of sulfone groups is 1. The lowest BCUT2D eigenvalue weighted by molar-refractivity contribution is -0.131. The van der Waals surface area contributed by atoms with Crippen LogP contribution in [0.2, 0.25) is 0 Å². The molecule has 0 spiro atoms. The Bertz CT molecular complexity index is 1230. The fourth-order valence-corrected chi connectivity index (χ4v) is 4.98. The highest BCUT2D eigenvalue weighted by atomic mass is 32.2. The summed E-state index contributed by atoms with van der Waals surface area (Å²) >= 11 is 0. The van der Waals surface area contributed by atoms with Crippen molar-refractivity contribution >= 4 is 26.6 Å². The molecular weight excluding hydrogens is 416 g/mol. The third-order valence-electron chi connectivity index (χ3n) is 5.80. The molecule has 31 heavy (non-hydrogen) atoms. The molecule has 0 saturated carbocycles. The Labute approximate surface area is 181 Å². The van der Waals surface area contributed by atoms with Crippen molar-refractivity contribution in [3.8, 4) is 11.5 Å². The SMILES string of the molecule is COc1cc2c(cc1OC)C(Cc1c[nH]c3ccccc13)N(C(=O)CS(C)(=O)=O)CC2. The minimum absolute atomic E-state index is 0.308. The van der Waals surface area contributed by atoms with Crippen molar-refractivity contribution in [1.29, 1.82) is 0 Å². The number of rotatable bonds is 6. The van der Waals surface area contributed by atoms with E-state index in [0.717, 1.165) is 33.8 Å². The standard InChI is InChI=1S/C23H26N2O5S/c1-29-21-11-15-8-9-25(23(26)14-31(3,27)28)20(18(15)12-22(21)30-2)10-16-13-24-19-7-5-4-6-17(16)19/h4-7,11-13,20,24H,8-10,14H2,1-3H3. The van der Waals surface area contributed by atoms with Crippen molar-refractivity contribution in [1.82, 2.24) is 9.88 Å². The second-order valence-electron chi connectivity index (χ2n) is 7.89. The van der Waals surface area contributed by atoms with Crippen LogP contribution < -0.4 is 9.47 Å². The molecule has 0 radical (unpaired) electrons. The number of hydrogen-bond donors (Lipinski definition) is 1. The lowest BCUT2D eigenvalue weighted by Gasteiger charge is -2.38. The summed E-state index contributed by atoms with van der Waals surface area (Å²) in [4.78, 5) is 18.0. The quantitative estimate of drug-likeness (QED) is 0.634. The molecule has 2 aromatic carbocycles. The maximum atomic E-state index is 13.0. The third-order valence-corrected chi connectivity index (χ3v) is 6.57. The topological polar surface area (TPSA) is 88.7 Å². The second kappa shape index (κ2) is 8.26. The number of hydrogen-bond acceptors (Lipinski definition) is 5. The van der Waals surface area contributed by atoms with Gasteiger partial charge in [-0.25, -0.2) is 8.42 Å². The maximum Gasteiger partial charge on any atom is 0.238 e. The van der Waals surface area contributed by atoms with Crippen molar-refractivity contribution in [3.05, 3.63) is 59.3 Å². The van der Waals surface area contributed by atoms with Crippen LogP contribution in [0, 0.1) is 0 Å². The fraction of sp³-hybridized carbons (Fsp3) is 0.348. The van der Waals surface area contributed by atoms with Crippen molar-refractivity contribution in [3.63, 3.8) is 0 Å². The number of methoxy groups -OCH3 is 2. The largest absolute Gasteiger partial charge is 0.493 e. The summed E-state index contributed by atoms with van der Waals surface area (Å²) in [5.74, 6) is 0.346. The van der Waals surface area contributed by atoms with Gasteiger partial charge in [-0.1, -0.05) is 18.2 Å². The Morgan fingerprint density at radius 2 is 1.87 bits per heavy atom. The number of nitrogens with one attached hydrogen (secondary N) is 1. The van der Waals surface area contributed by atoms with E-state index in [-0.39, 0.29) is 11.9 Å². The highest BCUT2D eigenvalue weighted by molar-refractivity contribution is 7.91. The van der Waals surface area contributed by atoms with Crippen molar-refractivity contribution in [2.45, 2.75) is 18.9 Å². The summed E-state index contributed by atoms with van der Waals surface area (Å²) in [6.07, 6.45) is 4.22.